The Morgan fingerprint density at radius 2 is 2.24 bits per heavy atom. The van der Waals surface area contributed by atoms with Crippen molar-refractivity contribution in [3.63, 3.8) is 0 Å². The molecule has 21 heavy (non-hydrogen) atoms. The van der Waals surface area contributed by atoms with E-state index in [1.54, 1.807) is 6.07 Å². The number of carbonyl (C=O) groups is 1. The topological polar surface area (TPSA) is 58.4 Å². The van der Waals surface area contributed by atoms with Gasteiger partial charge in [0.25, 0.3) is 0 Å². The molecule has 1 aromatic carbocycles. The lowest BCUT2D eigenvalue weighted by Gasteiger charge is -2.33. The predicted molar refractivity (Wildman–Crippen MR) is 88.2 cm³/mol. The van der Waals surface area contributed by atoms with E-state index in [1.807, 2.05) is 25.1 Å². The van der Waals surface area contributed by atoms with Gasteiger partial charge < -0.3 is 11.1 Å². The molecule has 1 aliphatic heterocycles. The van der Waals surface area contributed by atoms with E-state index in [-0.39, 0.29) is 11.9 Å². The quantitative estimate of drug-likeness (QED) is 0.837. The molecule has 1 amide bonds. The number of nitrogen functional groups attached to an aromatic ring is 1. The van der Waals surface area contributed by atoms with Crippen LogP contribution in [0.25, 0.3) is 0 Å². The first kappa shape index (κ1) is 15.8. The maximum Gasteiger partial charge on any atom is 0.241 e. The highest BCUT2D eigenvalue weighted by Gasteiger charge is 2.28. The Balaban J connectivity index is 2.03. The fraction of sp³-hybridized carbons (Fsp3) is 0.588. The number of anilines is 2. The summed E-state index contributed by atoms with van der Waals surface area (Å²) < 4.78 is 0. The van der Waals surface area contributed by atoms with Gasteiger partial charge in [0, 0.05) is 17.4 Å². The van der Waals surface area contributed by atoms with Crippen molar-refractivity contribution in [3.05, 3.63) is 24.3 Å². The second-order valence-corrected chi connectivity index (χ2v) is 5.94. The summed E-state index contributed by atoms with van der Waals surface area (Å²) in [5.41, 5.74) is 7.20. The molecule has 1 aromatic rings. The van der Waals surface area contributed by atoms with E-state index in [9.17, 15) is 4.79 Å². The molecule has 2 atom stereocenters. The van der Waals surface area contributed by atoms with Crippen LogP contribution in [0.1, 0.15) is 46.0 Å². The first-order valence-corrected chi connectivity index (χ1v) is 8.04. The van der Waals surface area contributed by atoms with Crippen LogP contribution >= 0.6 is 0 Å². The first-order chi connectivity index (χ1) is 10.1. The molecule has 0 bridgehead atoms. The molecule has 1 aliphatic rings. The molecule has 4 nitrogen and oxygen atoms in total. The van der Waals surface area contributed by atoms with Crippen LogP contribution in [0, 0.1) is 0 Å². The van der Waals surface area contributed by atoms with Gasteiger partial charge in [-0.25, -0.2) is 0 Å². The van der Waals surface area contributed by atoms with E-state index in [2.05, 4.69) is 17.1 Å². The molecule has 2 rings (SSSR count). The number of likely N-dealkylation sites (tertiary alicyclic amines) is 1. The van der Waals surface area contributed by atoms with Gasteiger partial charge >= 0.3 is 0 Å². The molecule has 1 heterocycles. The normalized spacial score (nSPS) is 21.5. The summed E-state index contributed by atoms with van der Waals surface area (Å²) in [6.07, 6.45) is 6.05. The maximum atomic E-state index is 12.5. The SMILES string of the molecule is CCC1CCCCCN1C(C)C(=O)Nc1cccc(N)c1. The lowest BCUT2D eigenvalue weighted by molar-refractivity contribution is -0.121. The van der Waals surface area contributed by atoms with Crippen LogP contribution in [0.2, 0.25) is 0 Å². The summed E-state index contributed by atoms with van der Waals surface area (Å²) >= 11 is 0. The first-order valence-electron chi connectivity index (χ1n) is 8.04. The van der Waals surface area contributed by atoms with Crippen molar-refractivity contribution in [3.8, 4) is 0 Å². The fourth-order valence-electron chi connectivity index (χ4n) is 3.16. The number of hydrogen-bond acceptors (Lipinski definition) is 3. The number of amides is 1. The largest absolute Gasteiger partial charge is 0.399 e. The predicted octanol–water partition coefficient (Wildman–Crippen LogP) is 3.25. The van der Waals surface area contributed by atoms with Crippen molar-refractivity contribution in [2.24, 2.45) is 0 Å². The van der Waals surface area contributed by atoms with E-state index in [1.165, 1.54) is 25.7 Å². The smallest absolute Gasteiger partial charge is 0.241 e. The van der Waals surface area contributed by atoms with E-state index >= 15 is 0 Å². The molecule has 0 aromatic heterocycles. The monoisotopic (exact) mass is 289 g/mol. The number of benzene rings is 1. The standard InChI is InChI=1S/C17H27N3O/c1-3-16-10-5-4-6-11-20(16)13(2)17(21)19-15-9-7-8-14(18)12-15/h7-9,12-13,16H,3-6,10-11,18H2,1-2H3,(H,19,21). The number of nitrogens with zero attached hydrogens (tertiary/aromatic N) is 1. The minimum Gasteiger partial charge on any atom is -0.399 e. The van der Waals surface area contributed by atoms with Gasteiger partial charge in [0.15, 0.2) is 0 Å². The minimum atomic E-state index is -0.102. The Kier molecular flexibility index (Phi) is 5.62. The third kappa shape index (κ3) is 4.21. The number of hydrogen-bond donors (Lipinski definition) is 2. The Morgan fingerprint density at radius 3 is 2.95 bits per heavy atom. The molecule has 116 valence electrons. The van der Waals surface area contributed by atoms with Gasteiger partial charge in [-0.05, 0) is 50.9 Å². The lowest BCUT2D eigenvalue weighted by Crippen LogP contribution is -2.47. The summed E-state index contributed by atoms with van der Waals surface area (Å²) in [6, 6.07) is 7.77. The molecule has 0 aliphatic carbocycles. The van der Waals surface area contributed by atoms with Crippen molar-refractivity contribution in [1.82, 2.24) is 4.90 Å². The van der Waals surface area contributed by atoms with Crippen molar-refractivity contribution in [2.45, 2.75) is 58.0 Å². The summed E-state index contributed by atoms with van der Waals surface area (Å²) in [5, 5.41) is 2.98. The Morgan fingerprint density at radius 1 is 1.43 bits per heavy atom. The second kappa shape index (κ2) is 7.46. The van der Waals surface area contributed by atoms with E-state index < -0.39 is 0 Å². The van der Waals surface area contributed by atoms with Crippen LogP contribution in [0.3, 0.4) is 0 Å². The molecule has 0 radical (unpaired) electrons. The van der Waals surface area contributed by atoms with Gasteiger partial charge in [-0.3, -0.25) is 9.69 Å². The molecular formula is C17H27N3O. The Labute approximate surface area is 127 Å². The molecule has 2 unspecified atom stereocenters. The van der Waals surface area contributed by atoms with Gasteiger partial charge in [0.1, 0.15) is 0 Å². The minimum absolute atomic E-state index is 0.0564. The Bertz CT molecular complexity index is 475. The van der Waals surface area contributed by atoms with E-state index in [0.717, 1.165) is 18.7 Å². The molecule has 0 spiro atoms. The van der Waals surface area contributed by atoms with Gasteiger partial charge in [-0.2, -0.15) is 0 Å². The van der Waals surface area contributed by atoms with Gasteiger partial charge in [-0.15, -0.1) is 0 Å². The highest BCUT2D eigenvalue weighted by molar-refractivity contribution is 5.94. The zero-order valence-corrected chi connectivity index (χ0v) is 13.1. The van der Waals surface area contributed by atoms with Crippen LogP contribution in [0.5, 0.6) is 0 Å². The molecule has 1 fully saturated rings. The molecule has 3 N–H and O–H groups in total. The van der Waals surface area contributed by atoms with Crippen molar-refractivity contribution in [1.29, 1.82) is 0 Å². The highest BCUT2D eigenvalue weighted by Crippen LogP contribution is 2.22. The summed E-state index contributed by atoms with van der Waals surface area (Å²) in [4.78, 5) is 14.9. The van der Waals surface area contributed by atoms with Crippen LogP contribution in [-0.2, 0) is 4.79 Å². The van der Waals surface area contributed by atoms with Crippen molar-refractivity contribution in [2.75, 3.05) is 17.6 Å². The summed E-state index contributed by atoms with van der Waals surface area (Å²) in [5.74, 6) is 0.0564. The fourth-order valence-corrected chi connectivity index (χ4v) is 3.16. The molecular weight excluding hydrogens is 262 g/mol. The number of nitrogens with one attached hydrogen (secondary N) is 1. The molecule has 4 heteroatoms. The molecule has 0 saturated carbocycles. The number of carbonyl (C=O) groups excluding carboxylic acids is 1. The van der Waals surface area contributed by atoms with Crippen LogP contribution in [0.15, 0.2) is 24.3 Å². The van der Waals surface area contributed by atoms with Gasteiger partial charge in [0.2, 0.25) is 5.91 Å². The van der Waals surface area contributed by atoms with Gasteiger partial charge in [0.05, 0.1) is 6.04 Å². The van der Waals surface area contributed by atoms with Crippen molar-refractivity contribution >= 4 is 17.3 Å². The number of nitrogens with two attached hydrogens (primary N) is 1. The zero-order chi connectivity index (χ0) is 15.2. The van der Waals surface area contributed by atoms with Gasteiger partial charge in [-0.1, -0.05) is 25.8 Å². The Hall–Kier alpha value is -1.55. The third-order valence-electron chi connectivity index (χ3n) is 4.43. The average molecular weight is 289 g/mol. The summed E-state index contributed by atoms with van der Waals surface area (Å²) in [6.45, 7) is 5.24. The second-order valence-electron chi connectivity index (χ2n) is 5.94. The van der Waals surface area contributed by atoms with Crippen molar-refractivity contribution < 1.29 is 4.79 Å². The highest BCUT2D eigenvalue weighted by atomic mass is 16.2. The number of rotatable bonds is 4. The van der Waals surface area contributed by atoms with E-state index in [0.29, 0.717) is 11.7 Å². The van der Waals surface area contributed by atoms with Crippen LogP contribution in [0.4, 0.5) is 11.4 Å². The third-order valence-corrected chi connectivity index (χ3v) is 4.43. The lowest BCUT2D eigenvalue weighted by atomic mass is 10.1. The summed E-state index contributed by atoms with van der Waals surface area (Å²) in [7, 11) is 0. The van der Waals surface area contributed by atoms with Crippen LogP contribution in [-0.4, -0.2) is 29.4 Å². The van der Waals surface area contributed by atoms with Crippen LogP contribution < -0.4 is 11.1 Å². The zero-order valence-electron chi connectivity index (χ0n) is 13.1. The average Bonchev–Trinajstić information content (AvgIpc) is 2.71. The maximum absolute atomic E-state index is 12.5. The molecule has 1 saturated heterocycles. The van der Waals surface area contributed by atoms with E-state index in [4.69, 9.17) is 5.73 Å².